The maximum absolute atomic E-state index is 8.92. The van der Waals surface area contributed by atoms with E-state index in [-0.39, 0.29) is 6.61 Å². The number of hydrogen-bond donors (Lipinski definition) is 2. The van der Waals surface area contributed by atoms with Crippen LogP contribution in [0.4, 0.5) is 10.9 Å². The number of aliphatic hydroxyl groups is 1. The van der Waals surface area contributed by atoms with Crippen LogP contribution >= 0.6 is 23.1 Å². The molecule has 6 heteroatoms. The predicted molar refractivity (Wildman–Crippen MR) is 91.0 cm³/mol. The fourth-order valence-corrected chi connectivity index (χ4v) is 3.49. The maximum atomic E-state index is 8.92. The zero-order valence-electron chi connectivity index (χ0n) is 11.8. The van der Waals surface area contributed by atoms with Crippen molar-refractivity contribution in [3.8, 4) is 0 Å². The maximum Gasteiger partial charge on any atom is 0.188 e. The van der Waals surface area contributed by atoms with Crippen molar-refractivity contribution in [2.45, 2.75) is 16.2 Å². The molecule has 112 valence electrons. The van der Waals surface area contributed by atoms with Gasteiger partial charge in [0.2, 0.25) is 0 Å². The van der Waals surface area contributed by atoms with Gasteiger partial charge < -0.3 is 10.4 Å². The van der Waals surface area contributed by atoms with Crippen LogP contribution in [0.15, 0.2) is 63.8 Å². The fraction of sp³-hybridized carbons (Fsp3) is 0.125. The molecule has 0 fully saturated rings. The van der Waals surface area contributed by atoms with Gasteiger partial charge in [-0.15, -0.1) is 11.3 Å². The molecule has 2 aromatic heterocycles. The Bertz CT molecular complexity index is 731. The molecular formula is C16H15N3OS2. The standard InChI is InChI=1S/C16H15N3OS2/c20-9-7-12-11-21-16(18-12)19-15-10-14(6-8-17-15)22-13-4-2-1-3-5-13/h1-6,8,10-11,20H,7,9H2,(H,17,18,19). The molecule has 0 aliphatic rings. The lowest BCUT2D eigenvalue weighted by molar-refractivity contribution is 0.298. The quantitative estimate of drug-likeness (QED) is 0.717. The largest absolute Gasteiger partial charge is 0.396 e. The summed E-state index contributed by atoms with van der Waals surface area (Å²) in [6.45, 7) is 0.116. The summed E-state index contributed by atoms with van der Waals surface area (Å²) in [7, 11) is 0. The Morgan fingerprint density at radius 1 is 1.14 bits per heavy atom. The Labute approximate surface area is 137 Å². The molecule has 0 spiro atoms. The third-order valence-corrected chi connectivity index (χ3v) is 4.67. The van der Waals surface area contributed by atoms with Crippen LogP contribution in [0.5, 0.6) is 0 Å². The lowest BCUT2D eigenvalue weighted by atomic mass is 10.4. The van der Waals surface area contributed by atoms with Gasteiger partial charge >= 0.3 is 0 Å². The average Bonchev–Trinajstić information content (AvgIpc) is 2.96. The highest BCUT2D eigenvalue weighted by Gasteiger charge is 2.04. The molecule has 3 rings (SSSR count). The first-order valence-corrected chi connectivity index (χ1v) is 8.54. The first kappa shape index (κ1) is 15.0. The summed E-state index contributed by atoms with van der Waals surface area (Å²) < 4.78 is 0. The van der Waals surface area contributed by atoms with Gasteiger partial charge in [0.05, 0.1) is 5.69 Å². The molecule has 0 bridgehead atoms. The highest BCUT2D eigenvalue weighted by molar-refractivity contribution is 7.99. The van der Waals surface area contributed by atoms with E-state index in [1.165, 1.54) is 16.2 Å². The molecule has 2 heterocycles. The molecule has 22 heavy (non-hydrogen) atoms. The molecule has 0 aliphatic heterocycles. The van der Waals surface area contributed by atoms with Crippen LogP contribution in [-0.2, 0) is 6.42 Å². The van der Waals surface area contributed by atoms with Crippen LogP contribution in [0.25, 0.3) is 0 Å². The van der Waals surface area contributed by atoms with Crippen LogP contribution in [0.3, 0.4) is 0 Å². The summed E-state index contributed by atoms with van der Waals surface area (Å²) in [6.07, 6.45) is 2.37. The van der Waals surface area contributed by atoms with E-state index in [9.17, 15) is 0 Å². The molecule has 0 unspecified atom stereocenters. The lowest BCUT2D eigenvalue weighted by Crippen LogP contribution is -1.95. The van der Waals surface area contributed by atoms with Crippen molar-refractivity contribution < 1.29 is 5.11 Å². The molecule has 3 aromatic rings. The van der Waals surface area contributed by atoms with Crippen LogP contribution in [0.2, 0.25) is 0 Å². The van der Waals surface area contributed by atoms with Crippen LogP contribution < -0.4 is 5.32 Å². The topological polar surface area (TPSA) is 58.0 Å². The summed E-state index contributed by atoms with van der Waals surface area (Å²) in [4.78, 5) is 11.0. The van der Waals surface area contributed by atoms with E-state index in [0.717, 1.165) is 21.5 Å². The van der Waals surface area contributed by atoms with Crippen molar-refractivity contribution in [3.63, 3.8) is 0 Å². The number of nitrogens with zero attached hydrogens (tertiary/aromatic N) is 2. The molecule has 0 amide bonds. The zero-order valence-corrected chi connectivity index (χ0v) is 13.4. The number of anilines is 2. The monoisotopic (exact) mass is 329 g/mol. The third kappa shape index (κ3) is 4.07. The Morgan fingerprint density at radius 3 is 2.82 bits per heavy atom. The van der Waals surface area contributed by atoms with Crippen LogP contribution in [-0.4, -0.2) is 21.7 Å². The number of benzene rings is 1. The number of aromatic nitrogens is 2. The van der Waals surface area contributed by atoms with Gasteiger partial charge in [-0.05, 0) is 24.3 Å². The summed E-state index contributed by atoms with van der Waals surface area (Å²) in [5, 5.41) is 14.9. The number of nitrogens with one attached hydrogen (secondary N) is 1. The van der Waals surface area contributed by atoms with Crippen molar-refractivity contribution in [2.75, 3.05) is 11.9 Å². The highest BCUT2D eigenvalue weighted by atomic mass is 32.2. The lowest BCUT2D eigenvalue weighted by Gasteiger charge is -2.05. The highest BCUT2D eigenvalue weighted by Crippen LogP contribution is 2.29. The Morgan fingerprint density at radius 2 is 2.00 bits per heavy atom. The number of rotatable bonds is 6. The van der Waals surface area contributed by atoms with Crippen LogP contribution in [0, 0.1) is 0 Å². The molecule has 0 atom stereocenters. The minimum Gasteiger partial charge on any atom is -0.396 e. The second kappa shape index (κ2) is 7.40. The van der Waals surface area contributed by atoms with Crippen molar-refractivity contribution in [1.29, 1.82) is 0 Å². The van der Waals surface area contributed by atoms with E-state index in [4.69, 9.17) is 5.11 Å². The molecule has 4 nitrogen and oxygen atoms in total. The predicted octanol–water partition coefficient (Wildman–Crippen LogP) is 3.97. The normalized spacial score (nSPS) is 10.6. The molecule has 0 saturated heterocycles. The summed E-state index contributed by atoms with van der Waals surface area (Å²) in [5.41, 5.74) is 0.893. The number of thiazole rings is 1. The van der Waals surface area contributed by atoms with E-state index in [1.54, 1.807) is 18.0 Å². The van der Waals surface area contributed by atoms with Gasteiger partial charge in [-0.2, -0.15) is 0 Å². The molecule has 0 saturated carbocycles. The smallest absolute Gasteiger partial charge is 0.188 e. The van der Waals surface area contributed by atoms with Gasteiger partial charge in [-0.3, -0.25) is 0 Å². The summed E-state index contributed by atoms with van der Waals surface area (Å²) in [6, 6.07) is 14.2. The minimum absolute atomic E-state index is 0.116. The van der Waals surface area contributed by atoms with E-state index in [2.05, 4.69) is 27.4 Å². The molecule has 0 aliphatic carbocycles. The van der Waals surface area contributed by atoms with E-state index in [1.807, 2.05) is 35.7 Å². The first-order chi connectivity index (χ1) is 10.8. The molecular weight excluding hydrogens is 314 g/mol. The summed E-state index contributed by atoms with van der Waals surface area (Å²) >= 11 is 3.21. The SMILES string of the molecule is OCCc1csc(Nc2cc(Sc3ccccc3)ccn2)n1. The van der Waals surface area contributed by atoms with Gasteiger partial charge in [0, 0.05) is 34.4 Å². The molecule has 0 radical (unpaired) electrons. The Hall–Kier alpha value is -1.89. The van der Waals surface area contributed by atoms with Gasteiger partial charge in [0.25, 0.3) is 0 Å². The number of hydrogen-bond acceptors (Lipinski definition) is 6. The van der Waals surface area contributed by atoms with E-state index >= 15 is 0 Å². The third-order valence-electron chi connectivity index (χ3n) is 2.87. The number of aliphatic hydroxyl groups excluding tert-OH is 1. The van der Waals surface area contributed by atoms with Gasteiger partial charge in [0.1, 0.15) is 5.82 Å². The first-order valence-electron chi connectivity index (χ1n) is 6.85. The van der Waals surface area contributed by atoms with Crippen molar-refractivity contribution >= 4 is 34.0 Å². The minimum atomic E-state index is 0.116. The fourth-order valence-electron chi connectivity index (χ4n) is 1.87. The van der Waals surface area contributed by atoms with Crippen molar-refractivity contribution in [2.24, 2.45) is 0 Å². The van der Waals surface area contributed by atoms with Gasteiger partial charge in [0.15, 0.2) is 5.13 Å². The second-order valence-corrected chi connectivity index (χ2v) is 6.54. The zero-order chi connectivity index (χ0) is 15.2. The number of pyridine rings is 1. The van der Waals surface area contributed by atoms with Crippen molar-refractivity contribution in [3.05, 3.63) is 59.7 Å². The Balaban J connectivity index is 1.70. The van der Waals surface area contributed by atoms with Crippen LogP contribution in [0.1, 0.15) is 5.69 Å². The average molecular weight is 329 g/mol. The second-order valence-electron chi connectivity index (χ2n) is 4.53. The van der Waals surface area contributed by atoms with E-state index < -0.39 is 0 Å². The Kier molecular flexibility index (Phi) is 5.05. The van der Waals surface area contributed by atoms with Crippen molar-refractivity contribution in [1.82, 2.24) is 9.97 Å². The van der Waals surface area contributed by atoms with E-state index in [0.29, 0.717) is 6.42 Å². The summed E-state index contributed by atoms with van der Waals surface area (Å²) in [5.74, 6) is 0.769. The molecule has 2 N–H and O–H groups in total. The van der Waals surface area contributed by atoms with Gasteiger partial charge in [-0.25, -0.2) is 9.97 Å². The van der Waals surface area contributed by atoms with Gasteiger partial charge in [-0.1, -0.05) is 30.0 Å². The molecule has 1 aromatic carbocycles.